The molecule has 0 amide bonds. The monoisotopic (exact) mass is 470 g/mol. The summed E-state index contributed by atoms with van der Waals surface area (Å²) < 4.78 is 23.2. The largest absolute Gasteiger partial charge is 0.491 e. The van der Waals surface area contributed by atoms with E-state index < -0.39 is 0 Å². The number of ether oxygens (including phenoxy) is 4. The van der Waals surface area contributed by atoms with Crippen LogP contribution < -0.4 is 0 Å². The highest BCUT2D eigenvalue weighted by atomic mass is 16.7. The van der Waals surface area contributed by atoms with E-state index >= 15 is 0 Å². The summed E-state index contributed by atoms with van der Waals surface area (Å²) in [6, 6.07) is 0. The van der Waals surface area contributed by atoms with Crippen molar-refractivity contribution in [1.29, 1.82) is 0 Å². The van der Waals surface area contributed by atoms with Crippen LogP contribution >= 0.6 is 0 Å². The van der Waals surface area contributed by atoms with Gasteiger partial charge in [-0.05, 0) is 19.3 Å². The zero-order valence-electron chi connectivity index (χ0n) is 22.9. The molecule has 0 fully saturated rings. The highest BCUT2D eigenvalue weighted by Gasteiger charge is 2.13. The van der Waals surface area contributed by atoms with E-state index in [0.717, 1.165) is 38.0 Å². The first-order chi connectivity index (χ1) is 16.3. The molecule has 0 aliphatic carbocycles. The van der Waals surface area contributed by atoms with Gasteiger partial charge in [-0.15, -0.1) is 0 Å². The van der Waals surface area contributed by atoms with Crippen LogP contribution in [-0.4, -0.2) is 27.1 Å². The molecule has 4 heteroatoms. The molecule has 0 aliphatic rings. The summed E-state index contributed by atoms with van der Waals surface area (Å²) in [5, 5.41) is 0. The van der Waals surface area contributed by atoms with Crippen molar-refractivity contribution in [2.75, 3.05) is 27.1 Å². The number of allylic oxidation sites excluding steroid dienone is 1. The molecule has 4 nitrogen and oxygen atoms in total. The van der Waals surface area contributed by atoms with Crippen molar-refractivity contribution >= 4 is 0 Å². The first kappa shape index (κ1) is 32.1. The van der Waals surface area contributed by atoms with Gasteiger partial charge in [0.1, 0.15) is 0 Å². The Morgan fingerprint density at radius 3 is 1.36 bits per heavy atom. The SMILES string of the molecule is CCCCCCCCCCOC(CCCCC)=C(OCCCCCCCCCC)OCOC. The molecule has 0 aromatic carbocycles. The molecule has 0 aromatic rings. The van der Waals surface area contributed by atoms with Gasteiger partial charge in [0.15, 0.2) is 12.6 Å². The average Bonchev–Trinajstić information content (AvgIpc) is 2.83. The summed E-state index contributed by atoms with van der Waals surface area (Å²) in [6.45, 7) is 8.40. The lowest BCUT2D eigenvalue weighted by Crippen LogP contribution is -2.09. The van der Waals surface area contributed by atoms with E-state index in [0.29, 0.717) is 12.6 Å². The Kier molecular flexibility index (Phi) is 26.6. The molecule has 0 unspecified atom stereocenters. The predicted molar refractivity (Wildman–Crippen MR) is 141 cm³/mol. The van der Waals surface area contributed by atoms with Gasteiger partial charge >= 0.3 is 5.95 Å². The Bertz CT molecular complexity index is 408. The van der Waals surface area contributed by atoms with Gasteiger partial charge in [-0.2, -0.15) is 0 Å². The Morgan fingerprint density at radius 2 is 0.879 bits per heavy atom. The minimum atomic E-state index is 0.200. The van der Waals surface area contributed by atoms with Crippen LogP contribution in [0.25, 0.3) is 0 Å². The van der Waals surface area contributed by atoms with Crippen molar-refractivity contribution in [2.45, 2.75) is 149 Å². The Hall–Kier alpha value is -0.900. The quantitative estimate of drug-likeness (QED) is 0.0680. The molecule has 0 saturated carbocycles. The third-order valence-electron chi connectivity index (χ3n) is 6.05. The van der Waals surface area contributed by atoms with Crippen LogP contribution in [0.2, 0.25) is 0 Å². The molecule has 0 bridgehead atoms. The minimum absolute atomic E-state index is 0.200. The molecular formula is C29H58O4. The van der Waals surface area contributed by atoms with Crippen molar-refractivity contribution in [3.8, 4) is 0 Å². The third-order valence-corrected chi connectivity index (χ3v) is 6.05. The fourth-order valence-corrected chi connectivity index (χ4v) is 3.92. The highest BCUT2D eigenvalue weighted by molar-refractivity contribution is 4.95. The molecular weight excluding hydrogens is 412 g/mol. The predicted octanol–water partition coefficient (Wildman–Crippen LogP) is 9.67. The van der Waals surface area contributed by atoms with Crippen LogP contribution in [-0.2, 0) is 18.9 Å². The van der Waals surface area contributed by atoms with Crippen molar-refractivity contribution in [1.82, 2.24) is 0 Å². The van der Waals surface area contributed by atoms with E-state index in [4.69, 9.17) is 18.9 Å². The number of hydrogen-bond acceptors (Lipinski definition) is 4. The fourth-order valence-electron chi connectivity index (χ4n) is 3.92. The van der Waals surface area contributed by atoms with Gasteiger partial charge < -0.3 is 18.9 Å². The third kappa shape index (κ3) is 22.6. The maximum atomic E-state index is 6.20. The fraction of sp³-hybridized carbons (Fsp3) is 0.931. The maximum absolute atomic E-state index is 6.20. The molecule has 0 atom stereocenters. The van der Waals surface area contributed by atoms with Gasteiger partial charge in [-0.1, -0.05) is 124 Å². The molecule has 0 N–H and O–H groups in total. The Morgan fingerprint density at radius 1 is 0.455 bits per heavy atom. The maximum Gasteiger partial charge on any atom is 0.321 e. The van der Waals surface area contributed by atoms with Crippen LogP contribution in [0, 0.1) is 0 Å². The van der Waals surface area contributed by atoms with Crippen LogP contribution in [0.1, 0.15) is 149 Å². The van der Waals surface area contributed by atoms with Crippen molar-refractivity contribution in [3.63, 3.8) is 0 Å². The highest BCUT2D eigenvalue weighted by Crippen LogP contribution is 2.20. The number of hydrogen-bond donors (Lipinski definition) is 0. The zero-order chi connectivity index (χ0) is 24.2. The molecule has 0 aliphatic heterocycles. The van der Waals surface area contributed by atoms with Crippen LogP contribution in [0.4, 0.5) is 0 Å². The number of methoxy groups -OCH3 is 1. The second kappa shape index (κ2) is 27.3. The van der Waals surface area contributed by atoms with Crippen molar-refractivity contribution < 1.29 is 18.9 Å². The molecule has 0 heterocycles. The van der Waals surface area contributed by atoms with Crippen LogP contribution in [0.3, 0.4) is 0 Å². The lowest BCUT2D eigenvalue weighted by molar-refractivity contribution is -0.0692. The normalized spacial score (nSPS) is 12.0. The van der Waals surface area contributed by atoms with Gasteiger partial charge in [0.2, 0.25) is 0 Å². The summed E-state index contributed by atoms with van der Waals surface area (Å²) >= 11 is 0. The molecule has 198 valence electrons. The lowest BCUT2D eigenvalue weighted by atomic mass is 10.1. The van der Waals surface area contributed by atoms with Gasteiger partial charge in [0.25, 0.3) is 0 Å². The topological polar surface area (TPSA) is 36.9 Å². The summed E-state index contributed by atoms with van der Waals surface area (Å²) in [5.74, 6) is 1.43. The summed E-state index contributed by atoms with van der Waals surface area (Å²) in [7, 11) is 1.65. The smallest absolute Gasteiger partial charge is 0.321 e. The second-order valence-corrected chi connectivity index (χ2v) is 9.37. The molecule has 0 radical (unpaired) electrons. The first-order valence-corrected chi connectivity index (χ1v) is 14.4. The van der Waals surface area contributed by atoms with Crippen LogP contribution in [0.15, 0.2) is 11.7 Å². The minimum Gasteiger partial charge on any atom is -0.491 e. The van der Waals surface area contributed by atoms with Gasteiger partial charge in [-0.3, -0.25) is 0 Å². The molecule has 0 rings (SSSR count). The lowest BCUT2D eigenvalue weighted by Gasteiger charge is -2.17. The summed E-state index contributed by atoms with van der Waals surface area (Å²) in [6.07, 6.45) is 25.1. The van der Waals surface area contributed by atoms with Crippen molar-refractivity contribution in [3.05, 3.63) is 11.7 Å². The Labute approximate surface area is 207 Å². The standard InChI is InChI=1S/C29H58O4/c1-5-8-11-13-15-17-19-22-25-31-28(24-21-10-7-3)29(33-27-30-4)32-26-23-20-18-16-14-12-9-6-2/h5-27H2,1-4H3. The van der Waals surface area contributed by atoms with E-state index in [1.165, 1.54) is 103 Å². The molecule has 0 saturated heterocycles. The van der Waals surface area contributed by atoms with E-state index in [9.17, 15) is 0 Å². The van der Waals surface area contributed by atoms with Gasteiger partial charge in [0, 0.05) is 13.5 Å². The Balaban J connectivity index is 4.40. The van der Waals surface area contributed by atoms with Gasteiger partial charge in [0.05, 0.1) is 13.2 Å². The van der Waals surface area contributed by atoms with Gasteiger partial charge in [-0.25, -0.2) is 0 Å². The van der Waals surface area contributed by atoms with E-state index in [2.05, 4.69) is 20.8 Å². The van der Waals surface area contributed by atoms with E-state index in [1.807, 2.05) is 0 Å². The average molecular weight is 471 g/mol. The molecule has 33 heavy (non-hydrogen) atoms. The summed E-state index contributed by atoms with van der Waals surface area (Å²) in [5.41, 5.74) is 0. The van der Waals surface area contributed by atoms with E-state index in [1.54, 1.807) is 7.11 Å². The molecule has 0 spiro atoms. The second-order valence-electron chi connectivity index (χ2n) is 9.37. The summed E-state index contributed by atoms with van der Waals surface area (Å²) in [4.78, 5) is 0. The van der Waals surface area contributed by atoms with Crippen LogP contribution in [0.5, 0.6) is 0 Å². The molecule has 0 aromatic heterocycles. The zero-order valence-corrected chi connectivity index (χ0v) is 22.9. The first-order valence-electron chi connectivity index (χ1n) is 14.4. The number of unbranched alkanes of at least 4 members (excludes halogenated alkanes) is 16. The van der Waals surface area contributed by atoms with E-state index in [-0.39, 0.29) is 6.79 Å². The number of rotatable bonds is 27. The van der Waals surface area contributed by atoms with Crippen molar-refractivity contribution in [2.24, 2.45) is 0 Å².